The first-order valence-corrected chi connectivity index (χ1v) is 12.5. The van der Waals surface area contributed by atoms with Gasteiger partial charge in [-0.1, -0.05) is 36.2 Å². The number of halogens is 2. The lowest BCUT2D eigenvalue weighted by atomic mass is 10.2. The first-order valence-electron chi connectivity index (χ1n) is 10.3. The SMILES string of the molecule is CCN1CCN(C(=O)CN(c2ccc(Cl)c(Cl)c2)S(=O)(=O)c2cc(C)ccc2OC)CC1. The van der Waals surface area contributed by atoms with Crippen molar-refractivity contribution in [2.75, 3.05) is 50.7 Å². The Balaban J connectivity index is 2.00. The zero-order valence-electron chi connectivity index (χ0n) is 18.3. The Bertz CT molecular complexity index is 1090. The number of aryl methyl sites for hydroxylation is 1. The summed E-state index contributed by atoms with van der Waals surface area (Å²) < 4.78 is 33.9. The van der Waals surface area contributed by atoms with Crippen LogP contribution in [0.15, 0.2) is 41.3 Å². The maximum Gasteiger partial charge on any atom is 0.268 e. The van der Waals surface area contributed by atoms with Crippen LogP contribution in [0.25, 0.3) is 0 Å². The minimum atomic E-state index is -4.15. The summed E-state index contributed by atoms with van der Waals surface area (Å²) in [5, 5.41) is 0.493. The number of rotatable bonds is 7. The number of hydrogen-bond donors (Lipinski definition) is 0. The van der Waals surface area contributed by atoms with Crippen LogP contribution in [0.2, 0.25) is 10.0 Å². The van der Waals surface area contributed by atoms with Gasteiger partial charge in [-0.3, -0.25) is 9.10 Å². The number of sulfonamides is 1. The van der Waals surface area contributed by atoms with E-state index < -0.39 is 10.0 Å². The lowest BCUT2D eigenvalue weighted by Crippen LogP contribution is -2.51. The third kappa shape index (κ3) is 5.31. The van der Waals surface area contributed by atoms with Crippen molar-refractivity contribution in [3.63, 3.8) is 0 Å². The fourth-order valence-corrected chi connectivity index (χ4v) is 5.54. The number of hydrogen-bond acceptors (Lipinski definition) is 5. The predicted octanol–water partition coefficient (Wildman–Crippen LogP) is 3.67. The molecule has 2 aromatic rings. The number of piperazine rings is 1. The molecule has 0 bridgehead atoms. The van der Waals surface area contributed by atoms with Gasteiger partial charge in [0.1, 0.15) is 17.2 Å². The van der Waals surface area contributed by atoms with Gasteiger partial charge in [-0.2, -0.15) is 0 Å². The fraction of sp³-hybridized carbons (Fsp3) is 0.409. The molecule has 174 valence electrons. The van der Waals surface area contributed by atoms with Crippen LogP contribution in [0.4, 0.5) is 5.69 Å². The Morgan fingerprint density at radius 2 is 1.75 bits per heavy atom. The summed E-state index contributed by atoms with van der Waals surface area (Å²) in [7, 11) is -2.74. The zero-order chi connectivity index (χ0) is 23.5. The number of anilines is 1. The molecule has 2 aromatic carbocycles. The van der Waals surface area contributed by atoms with Crippen molar-refractivity contribution >= 4 is 44.8 Å². The van der Waals surface area contributed by atoms with E-state index in [2.05, 4.69) is 11.8 Å². The molecule has 3 rings (SSSR count). The summed E-state index contributed by atoms with van der Waals surface area (Å²) in [6.07, 6.45) is 0. The van der Waals surface area contributed by atoms with Crippen molar-refractivity contribution in [3.05, 3.63) is 52.0 Å². The van der Waals surface area contributed by atoms with Gasteiger partial charge in [0.15, 0.2) is 0 Å². The molecule has 0 unspecified atom stereocenters. The summed E-state index contributed by atoms with van der Waals surface area (Å²) in [6, 6.07) is 9.39. The molecule has 0 atom stereocenters. The van der Waals surface area contributed by atoms with Gasteiger partial charge in [0.25, 0.3) is 10.0 Å². The summed E-state index contributed by atoms with van der Waals surface area (Å²) in [5.41, 5.74) is 1.00. The zero-order valence-corrected chi connectivity index (χ0v) is 20.7. The molecule has 0 aliphatic carbocycles. The van der Waals surface area contributed by atoms with Gasteiger partial charge in [-0.15, -0.1) is 0 Å². The number of nitrogens with zero attached hydrogens (tertiary/aromatic N) is 3. The van der Waals surface area contributed by atoms with Crippen molar-refractivity contribution < 1.29 is 17.9 Å². The Morgan fingerprint density at radius 1 is 1.06 bits per heavy atom. The standard InChI is InChI=1S/C22H27Cl2N3O4S/c1-4-25-9-11-26(12-10-25)22(28)15-27(17-6-7-18(23)19(24)14-17)32(29,30)21-13-16(2)5-8-20(21)31-3/h5-8,13-14H,4,9-12,15H2,1-3H3. The monoisotopic (exact) mass is 499 g/mol. The minimum absolute atomic E-state index is 0.0188. The molecule has 1 fully saturated rings. The van der Waals surface area contributed by atoms with Gasteiger partial charge in [0.05, 0.1) is 22.8 Å². The molecular weight excluding hydrogens is 473 g/mol. The number of amides is 1. The van der Waals surface area contributed by atoms with Gasteiger partial charge in [0, 0.05) is 26.2 Å². The second-order valence-corrected chi connectivity index (χ2v) is 10.2. The lowest BCUT2D eigenvalue weighted by molar-refractivity contribution is -0.131. The Hall–Kier alpha value is -2.00. The number of methoxy groups -OCH3 is 1. The van der Waals surface area contributed by atoms with Gasteiger partial charge in [-0.05, 0) is 49.4 Å². The van der Waals surface area contributed by atoms with E-state index in [9.17, 15) is 13.2 Å². The van der Waals surface area contributed by atoms with Crippen LogP contribution >= 0.6 is 23.2 Å². The molecule has 0 aromatic heterocycles. The molecule has 1 heterocycles. The van der Waals surface area contributed by atoms with E-state index in [4.69, 9.17) is 27.9 Å². The molecular formula is C22H27Cl2N3O4S. The maximum absolute atomic E-state index is 13.8. The molecule has 1 aliphatic heterocycles. The van der Waals surface area contributed by atoms with Crippen molar-refractivity contribution in [2.45, 2.75) is 18.7 Å². The van der Waals surface area contributed by atoms with E-state index in [-0.39, 0.29) is 33.8 Å². The van der Waals surface area contributed by atoms with Crippen LogP contribution in [0, 0.1) is 6.92 Å². The summed E-state index contributed by atoms with van der Waals surface area (Å²) in [6.45, 7) is 7.04. The molecule has 1 aliphatic rings. The number of benzene rings is 2. The van der Waals surface area contributed by atoms with Crippen molar-refractivity contribution in [2.24, 2.45) is 0 Å². The number of carbonyl (C=O) groups is 1. The average molecular weight is 500 g/mol. The molecule has 32 heavy (non-hydrogen) atoms. The summed E-state index contributed by atoms with van der Waals surface area (Å²) in [4.78, 5) is 17.1. The van der Waals surface area contributed by atoms with Crippen LogP contribution in [0.3, 0.4) is 0 Å². The van der Waals surface area contributed by atoms with Crippen molar-refractivity contribution in [1.82, 2.24) is 9.80 Å². The van der Waals surface area contributed by atoms with Gasteiger partial charge in [-0.25, -0.2) is 8.42 Å². The Labute approximate surface area is 199 Å². The highest BCUT2D eigenvalue weighted by Crippen LogP contribution is 2.34. The molecule has 0 radical (unpaired) electrons. The highest BCUT2D eigenvalue weighted by Gasteiger charge is 2.32. The van der Waals surface area contributed by atoms with Crippen LogP contribution in [-0.2, 0) is 14.8 Å². The Kier molecular flexibility index (Phi) is 7.92. The summed E-state index contributed by atoms with van der Waals surface area (Å²) >= 11 is 12.2. The van der Waals surface area contributed by atoms with Crippen LogP contribution in [-0.4, -0.2) is 70.5 Å². The molecule has 1 saturated heterocycles. The Morgan fingerprint density at radius 3 is 2.34 bits per heavy atom. The normalized spacial score (nSPS) is 15.0. The first kappa shape index (κ1) is 24.6. The molecule has 7 nitrogen and oxygen atoms in total. The number of ether oxygens (including phenoxy) is 1. The van der Waals surface area contributed by atoms with E-state index in [0.29, 0.717) is 18.1 Å². The van der Waals surface area contributed by atoms with E-state index >= 15 is 0 Å². The average Bonchev–Trinajstić information content (AvgIpc) is 2.79. The number of likely N-dealkylation sites (N-methyl/N-ethyl adjacent to an activating group) is 1. The highest BCUT2D eigenvalue weighted by molar-refractivity contribution is 7.93. The van der Waals surface area contributed by atoms with E-state index in [0.717, 1.165) is 29.5 Å². The molecule has 1 amide bonds. The van der Waals surface area contributed by atoms with E-state index in [1.54, 1.807) is 24.0 Å². The third-order valence-corrected chi connectivity index (χ3v) is 8.06. The second-order valence-electron chi connectivity index (χ2n) is 7.58. The predicted molar refractivity (Wildman–Crippen MR) is 127 cm³/mol. The van der Waals surface area contributed by atoms with Gasteiger partial charge < -0.3 is 14.5 Å². The largest absolute Gasteiger partial charge is 0.495 e. The van der Waals surface area contributed by atoms with Crippen molar-refractivity contribution in [3.8, 4) is 5.75 Å². The quantitative estimate of drug-likeness (QED) is 0.581. The van der Waals surface area contributed by atoms with Crippen molar-refractivity contribution in [1.29, 1.82) is 0 Å². The molecule has 0 N–H and O–H groups in total. The van der Waals surface area contributed by atoms with Gasteiger partial charge >= 0.3 is 0 Å². The van der Waals surface area contributed by atoms with Crippen LogP contribution in [0.1, 0.15) is 12.5 Å². The molecule has 10 heteroatoms. The third-order valence-electron chi connectivity index (χ3n) is 5.53. The maximum atomic E-state index is 13.8. The highest BCUT2D eigenvalue weighted by atomic mass is 35.5. The topological polar surface area (TPSA) is 70.2 Å². The number of carbonyl (C=O) groups excluding carboxylic acids is 1. The van der Waals surface area contributed by atoms with E-state index in [1.807, 2.05) is 0 Å². The second kappa shape index (κ2) is 10.3. The fourth-order valence-electron chi connectivity index (χ4n) is 3.60. The minimum Gasteiger partial charge on any atom is -0.495 e. The molecule has 0 saturated carbocycles. The lowest BCUT2D eigenvalue weighted by Gasteiger charge is -2.35. The van der Waals surface area contributed by atoms with Crippen LogP contribution in [0.5, 0.6) is 5.75 Å². The van der Waals surface area contributed by atoms with Gasteiger partial charge in [0.2, 0.25) is 5.91 Å². The first-order chi connectivity index (χ1) is 15.2. The van der Waals surface area contributed by atoms with E-state index in [1.165, 1.54) is 31.4 Å². The van der Waals surface area contributed by atoms with Crippen LogP contribution < -0.4 is 9.04 Å². The summed E-state index contributed by atoms with van der Waals surface area (Å²) in [5.74, 6) is -0.0771. The molecule has 0 spiro atoms. The smallest absolute Gasteiger partial charge is 0.268 e.